The Morgan fingerprint density at radius 3 is 2.80 bits per heavy atom. The van der Waals surface area contributed by atoms with Crippen LogP contribution in [0.25, 0.3) is 0 Å². The van der Waals surface area contributed by atoms with Gasteiger partial charge in [0.15, 0.2) is 5.54 Å². The maximum absolute atomic E-state index is 13.5. The first-order chi connectivity index (χ1) is 14.6. The highest BCUT2D eigenvalue weighted by molar-refractivity contribution is 6.08. The summed E-state index contributed by atoms with van der Waals surface area (Å²) in [6.07, 6.45) is 2.43. The number of aliphatic imine (C=N–C) groups is 1. The van der Waals surface area contributed by atoms with Crippen LogP contribution in [0.4, 0.5) is 5.69 Å². The molecular formula is C24H26N2O4. The lowest BCUT2D eigenvalue weighted by Crippen LogP contribution is -2.57. The summed E-state index contributed by atoms with van der Waals surface area (Å²) < 4.78 is 11.7. The smallest absolute Gasteiger partial charge is 0.259 e. The molecule has 1 spiro atoms. The Balaban J connectivity index is 1.64. The topological polar surface area (TPSA) is 71.4 Å². The second-order valence-corrected chi connectivity index (χ2v) is 7.56. The van der Waals surface area contributed by atoms with Crippen LogP contribution in [0.2, 0.25) is 0 Å². The monoisotopic (exact) mass is 406 g/mol. The summed E-state index contributed by atoms with van der Waals surface area (Å²) >= 11 is 0. The number of nitrogens with zero attached hydrogens (tertiary/aromatic N) is 2. The summed E-state index contributed by atoms with van der Waals surface area (Å²) in [6, 6.07) is 15.4. The molecule has 0 aliphatic carbocycles. The number of ether oxygens (including phenoxy) is 2. The number of aliphatic hydroxyl groups excluding tert-OH is 1. The van der Waals surface area contributed by atoms with Crippen molar-refractivity contribution in [1.82, 2.24) is 0 Å². The van der Waals surface area contributed by atoms with Gasteiger partial charge in [0, 0.05) is 37.2 Å². The zero-order chi connectivity index (χ0) is 21.1. The number of amides is 1. The van der Waals surface area contributed by atoms with Gasteiger partial charge in [-0.15, -0.1) is 6.58 Å². The van der Waals surface area contributed by atoms with E-state index >= 15 is 0 Å². The number of benzene rings is 2. The molecule has 2 aliphatic rings. The van der Waals surface area contributed by atoms with E-state index in [0.717, 1.165) is 16.8 Å². The van der Waals surface area contributed by atoms with Gasteiger partial charge >= 0.3 is 0 Å². The quantitative estimate of drug-likeness (QED) is 0.567. The molecule has 1 amide bonds. The van der Waals surface area contributed by atoms with E-state index in [-0.39, 0.29) is 18.6 Å². The van der Waals surface area contributed by atoms with E-state index < -0.39 is 5.54 Å². The summed E-state index contributed by atoms with van der Waals surface area (Å²) in [5, 5.41) is 8.86. The Bertz CT molecular complexity index is 969. The Kier molecular flexibility index (Phi) is 5.59. The molecule has 0 bridgehead atoms. The first-order valence-electron chi connectivity index (χ1n) is 10.2. The predicted molar refractivity (Wildman–Crippen MR) is 116 cm³/mol. The molecule has 0 aromatic heterocycles. The number of anilines is 1. The van der Waals surface area contributed by atoms with Crippen molar-refractivity contribution in [2.24, 2.45) is 4.99 Å². The van der Waals surface area contributed by atoms with Crippen molar-refractivity contribution in [2.75, 3.05) is 24.7 Å². The second-order valence-electron chi connectivity index (χ2n) is 7.56. The molecular weight excluding hydrogens is 380 g/mol. The maximum atomic E-state index is 13.5. The van der Waals surface area contributed by atoms with E-state index in [1.165, 1.54) is 0 Å². The molecule has 2 heterocycles. The molecule has 2 atom stereocenters. The third kappa shape index (κ3) is 3.48. The average Bonchev–Trinajstić information content (AvgIpc) is 3.09. The third-order valence-electron chi connectivity index (χ3n) is 5.60. The lowest BCUT2D eigenvalue weighted by atomic mass is 9.81. The van der Waals surface area contributed by atoms with E-state index in [0.29, 0.717) is 37.6 Å². The van der Waals surface area contributed by atoms with Gasteiger partial charge in [0.2, 0.25) is 5.90 Å². The van der Waals surface area contributed by atoms with Crippen molar-refractivity contribution in [3.63, 3.8) is 0 Å². The van der Waals surface area contributed by atoms with Crippen molar-refractivity contribution in [3.8, 4) is 5.75 Å². The standard InChI is InChI=1S/C24H26N2O4/c1-3-13-26-21-8-5-4-7-19(21)16-24(23(26)28)17(2)30-22(25-24)18-9-11-20(12-10-18)29-15-6-14-27/h3-5,7-12,17,27H,1,6,13-16H2,2H3/t17-,24-/m0/s1. The van der Waals surface area contributed by atoms with Gasteiger partial charge < -0.3 is 19.5 Å². The molecule has 6 heteroatoms. The Morgan fingerprint density at radius 1 is 1.30 bits per heavy atom. The Morgan fingerprint density at radius 2 is 2.07 bits per heavy atom. The van der Waals surface area contributed by atoms with Crippen LogP contribution in [-0.4, -0.2) is 48.3 Å². The molecule has 0 saturated carbocycles. The van der Waals surface area contributed by atoms with Crippen LogP contribution in [0.3, 0.4) is 0 Å². The van der Waals surface area contributed by atoms with Crippen LogP contribution in [-0.2, 0) is 16.0 Å². The molecule has 0 radical (unpaired) electrons. The molecule has 156 valence electrons. The predicted octanol–water partition coefficient (Wildman–Crippen LogP) is 3.13. The fourth-order valence-electron chi connectivity index (χ4n) is 3.99. The highest BCUT2D eigenvalue weighted by atomic mass is 16.5. The van der Waals surface area contributed by atoms with Crippen LogP contribution < -0.4 is 9.64 Å². The van der Waals surface area contributed by atoms with Crippen LogP contribution in [0, 0.1) is 0 Å². The summed E-state index contributed by atoms with van der Waals surface area (Å²) in [5.41, 5.74) is 1.80. The van der Waals surface area contributed by atoms with Crippen molar-refractivity contribution >= 4 is 17.5 Å². The molecule has 2 aromatic carbocycles. The fraction of sp³-hybridized carbons (Fsp3) is 0.333. The number of carbonyl (C=O) groups is 1. The minimum atomic E-state index is -0.983. The van der Waals surface area contributed by atoms with E-state index in [9.17, 15) is 4.79 Å². The van der Waals surface area contributed by atoms with E-state index in [2.05, 4.69) is 6.58 Å². The van der Waals surface area contributed by atoms with E-state index in [1.807, 2.05) is 55.5 Å². The highest BCUT2D eigenvalue weighted by Gasteiger charge is 2.54. The summed E-state index contributed by atoms with van der Waals surface area (Å²) in [7, 11) is 0. The lowest BCUT2D eigenvalue weighted by molar-refractivity contribution is -0.126. The largest absolute Gasteiger partial charge is 0.494 e. The van der Waals surface area contributed by atoms with Gasteiger partial charge in [0.1, 0.15) is 11.9 Å². The van der Waals surface area contributed by atoms with Gasteiger partial charge in [0.05, 0.1) is 6.61 Å². The molecule has 0 unspecified atom stereocenters. The van der Waals surface area contributed by atoms with Gasteiger partial charge in [0.25, 0.3) is 5.91 Å². The molecule has 2 aliphatic heterocycles. The SMILES string of the molecule is C=CCN1C(=O)[C@@]2(Cc3ccccc31)N=C(c1ccc(OCCCO)cc1)O[C@H]2C. The Labute approximate surface area is 176 Å². The Hall–Kier alpha value is -3.12. The minimum Gasteiger partial charge on any atom is -0.494 e. The first kappa shape index (κ1) is 20.2. The summed E-state index contributed by atoms with van der Waals surface area (Å²) in [6.45, 7) is 6.69. The summed E-state index contributed by atoms with van der Waals surface area (Å²) in [5.74, 6) is 1.12. The number of carbonyl (C=O) groups excluding carboxylic acids is 1. The van der Waals surface area contributed by atoms with Gasteiger partial charge in [-0.1, -0.05) is 24.3 Å². The fourth-order valence-corrected chi connectivity index (χ4v) is 3.99. The van der Waals surface area contributed by atoms with Gasteiger partial charge in [-0.2, -0.15) is 0 Å². The van der Waals surface area contributed by atoms with Gasteiger partial charge in [-0.3, -0.25) is 4.79 Å². The second kappa shape index (κ2) is 8.32. The highest BCUT2D eigenvalue weighted by Crippen LogP contribution is 2.41. The molecule has 30 heavy (non-hydrogen) atoms. The number of aliphatic hydroxyl groups is 1. The molecule has 0 fully saturated rings. The van der Waals surface area contributed by atoms with Crippen molar-refractivity contribution in [1.29, 1.82) is 0 Å². The first-order valence-corrected chi connectivity index (χ1v) is 10.2. The van der Waals surface area contributed by atoms with Crippen LogP contribution in [0.15, 0.2) is 66.2 Å². The number of rotatable bonds is 7. The molecule has 0 saturated heterocycles. The molecule has 2 aromatic rings. The van der Waals surface area contributed by atoms with Gasteiger partial charge in [-0.25, -0.2) is 4.99 Å². The zero-order valence-corrected chi connectivity index (χ0v) is 17.1. The molecule has 4 rings (SSSR count). The third-order valence-corrected chi connectivity index (χ3v) is 5.60. The number of para-hydroxylation sites is 1. The zero-order valence-electron chi connectivity index (χ0n) is 17.1. The molecule has 6 nitrogen and oxygen atoms in total. The minimum absolute atomic E-state index is 0.0624. The van der Waals surface area contributed by atoms with E-state index in [1.54, 1.807) is 11.0 Å². The number of fused-ring (bicyclic) bond motifs is 1. The maximum Gasteiger partial charge on any atom is 0.259 e. The number of hydrogen-bond donors (Lipinski definition) is 1. The van der Waals surface area contributed by atoms with Crippen LogP contribution in [0.5, 0.6) is 5.75 Å². The van der Waals surface area contributed by atoms with Crippen molar-refractivity contribution in [3.05, 3.63) is 72.3 Å². The van der Waals surface area contributed by atoms with Crippen molar-refractivity contribution in [2.45, 2.75) is 31.4 Å². The van der Waals surface area contributed by atoms with Gasteiger partial charge in [-0.05, 0) is 42.8 Å². The summed E-state index contributed by atoms with van der Waals surface area (Å²) in [4.78, 5) is 20.1. The van der Waals surface area contributed by atoms with Crippen LogP contribution >= 0.6 is 0 Å². The lowest BCUT2D eigenvalue weighted by Gasteiger charge is -2.39. The average molecular weight is 406 g/mol. The number of hydrogen-bond acceptors (Lipinski definition) is 5. The van der Waals surface area contributed by atoms with E-state index in [4.69, 9.17) is 19.6 Å². The van der Waals surface area contributed by atoms with Crippen molar-refractivity contribution < 1.29 is 19.4 Å². The normalized spacial score (nSPS) is 22.5. The molecule has 1 N–H and O–H groups in total. The van der Waals surface area contributed by atoms with Crippen LogP contribution in [0.1, 0.15) is 24.5 Å².